The highest BCUT2D eigenvalue weighted by atomic mass is 35.5. The van der Waals surface area contributed by atoms with Crippen LogP contribution in [0.1, 0.15) is 51.0 Å². The molecule has 0 bridgehead atoms. The van der Waals surface area contributed by atoms with Crippen LogP contribution in [0, 0.1) is 17.7 Å². The predicted octanol–water partition coefficient (Wildman–Crippen LogP) is 4.96. The van der Waals surface area contributed by atoms with Crippen molar-refractivity contribution in [3.8, 4) is 0 Å². The van der Waals surface area contributed by atoms with Crippen LogP contribution in [0.25, 0.3) is 0 Å². The third kappa shape index (κ3) is 4.20. The van der Waals surface area contributed by atoms with Crippen molar-refractivity contribution in [3.63, 3.8) is 0 Å². The van der Waals surface area contributed by atoms with Crippen LogP contribution in [0.4, 0.5) is 4.39 Å². The fourth-order valence-corrected chi connectivity index (χ4v) is 3.54. The highest BCUT2D eigenvalue weighted by Gasteiger charge is 2.25. The van der Waals surface area contributed by atoms with Crippen molar-refractivity contribution in [1.82, 2.24) is 0 Å². The van der Waals surface area contributed by atoms with Crippen LogP contribution >= 0.6 is 11.6 Å². The molecule has 2 rings (SSSR count). The fourth-order valence-electron chi connectivity index (χ4n) is 3.42. The van der Waals surface area contributed by atoms with E-state index in [4.69, 9.17) is 17.3 Å². The van der Waals surface area contributed by atoms with Gasteiger partial charge in [0.25, 0.3) is 0 Å². The zero-order chi connectivity index (χ0) is 14.5. The highest BCUT2D eigenvalue weighted by Crippen LogP contribution is 2.33. The van der Waals surface area contributed by atoms with Crippen LogP contribution in [-0.4, -0.2) is 6.04 Å². The Kier molecular flexibility index (Phi) is 5.86. The Labute approximate surface area is 126 Å². The third-order valence-electron chi connectivity index (χ3n) is 4.65. The molecule has 3 heteroatoms. The molecule has 0 spiro atoms. The molecule has 2 N–H and O–H groups in total. The van der Waals surface area contributed by atoms with Gasteiger partial charge in [-0.25, -0.2) is 4.39 Å². The molecule has 1 aromatic rings. The van der Waals surface area contributed by atoms with Gasteiger partial charge in [0.15, 0.2) is 0 Å². The van der Waals surface area contributed by atoms with Crippen molar-refractivity contribution >= 4 is 11.6 Å². The van der Waals surface area contributed by atoms with Gasteiger partial charge in [-0.3, -0.25) is 0 Å². The maximum atomic E-state index is 13.4. The molecule has 0 radical (unpaired) electrons. The lowest BCUT2D eigenvalue weighted by Gasteiger charge is -2.32. The van der Waals surface area contributed by atoms with Crippen LogP contribution < -0.4 is 5.73 Å². The molecule has 0 aromatic heterocycles. The molecular formula is C17H25ClFN. The van der Waals surface area contributed by atoms with E-state index < -0.39 is 0 Å². The topological polar surface area (TPSA) is 26.0 Å². The highest BCUT2D eigenvalue weighted by molar-refractivity contribution is 6.30. The van der Waals surface area contributed by atoms with Gasteiger partial charge in [0.05, 0.1) is 5.02 Å². The van der Waals surface area contributed by atoms with Gasteiger partial charge in [-0.2, -0.15) is 0 Å². The SMILES string of the molecule is CCCC1CCC(C(N)Cc2ccc(Cl)c(F)c2)CC1. The first-order valence-corrected chi connectivity index (χ1v) is 8.17. The standard InChI is InChI=1S/C17H25ClFN/c1-2-3-12-4-7-14(8-5-12)17(20)11-13-6-9-15(18)16(19)10-13/h6,9-10,12,14,17H,2-5,7-8,11,20H2,1H3. The summed E-state index contributed by atoms with van der Waals surface area (Å²) in [5.74, 6) is 1.14. The lowest BCUT2D eigenvalue weighted by Crippen LogP contribution is -2.35. The lowest BCUT2D eigenvalue weighted by atomic mass is 9.76. The molecule has 20 heavy (non-hydrogen) atoms. The van der Waals surface area contributed by atoms with E-state index in [1.165, 1.54) is 44.6 Å². The Bertz CT molecular complexity index is 427. The third-order valence-corrected chi connectivity index (χ3v) is 4.96. The first-order chi connectivity index (χ1) is 9.60. The van der Waals surface area contributed by atoms with Gasteiger partial charge in [-0.15, -0.1) is 0 Å². The first kappa shape index (κ1) is 15.8. The first-order valence-electron chi connectivity index (χ1n) is 7.79. The zero-order valence-corrected chi connectivity index (χ0v) is 13.0. The van der Waals surface area contributed by atoms with Crippen molar-refractivity contribution < 1.29 is 4.39 Å². The number of halogens is 2. The summed E-state index contributed by atoms with van der Waals surface area (Å²) in [5.41, 5.74) is 7.29. The number of hydrogen-bond donors (Lipinski definition) is 1. The summed E-state index contributed by atoms with van der Waals surface area (Å²) in [7, 11) is 0. The minimum Gasteiger partial charge on any atom is -0.327 e. The van der Waals surface area contributed by atoms with Crippen LogP contribution in [0.2, 0.25) is 5.02 Å². The van der Waals surface area contributed by atoms with Gasteiger partial charge in [0, 0.05) is 6.04 Å². The molecule has 0 saturated heterocycles. The summed E-state index contributed by atoms with van der Waals surface area (Å²) in [4.78, 5) is 0. The average molecular weight is 298 g/mol. The summed E-state index contributed by atoms with van der Waals surface area (Å²) in [5, 5.41) is 0.183. The Balaban J connectivity index is 1.86. The maximum absolute atomic E-state index is 13.4. The Morgan fingerprint density at radius 1 is 1.30 bits per heavy atom. The van der Waals surface area contributed by atoms with Crippen molar-refractivity contribution in [2.24, 2.45) is 17.6 Å². The van der Waals surface area contributed by atoms with Crippen molar-refractivity contribution in [3.05, 3.63) is 34.6 Å². The molecule has 0 aliphatic heterocycles. The molecule has 0 heterocycles. The maximum Gasteiger partial charge on any atom is 0.142 e. The van der Waals surface area contributed by atoms with E-state index in [9.17, 15) is 4.39 Å². The Morgan fingerprint density at radius 2 is 2.00 bits per heavy atom. The number of hydrogen-bond acceptors (Lipinski definition) is 1. The van der Waals surface area contributed by atoms with E-state index in [0.717, 1.165) is 17.9 Å². The van der Waals surface area contributed by atoms with Gasteiger partial charge in [-0.1, -0.05) is 50.3 Å². The quantitative estimate of drug-likeness (QED) is 0.817. The van der Waals surface area contributed by atoms with Crippen LogP contribution in [0.15, 0.2) is 18.2 Å². The average Bonchev–Trinajstić information content (AvgIpc) is 2.44. The second kappa shape index (κ2) is 7.42. The molecule has 1 unspecified atom stereocenters. The van der Waals surface area contributed by atoms with Gasteiger partial charge in [-0.05, 0) is 48.8 Å². The largest absolute Gasteiger partial charge is 0.327 e. The molecule has 1 aliphatic carbocycles. The summed E-state index contributed by atoms with van der Waals surface area (Å²) in [6, 6.07) is 5.16. The molecule has 1 aromatic carbocycles. The Morgan fingerprint density at radius 3 is 2.60 bits per heavy atom. The molecule has 112 valence electrons. The van der Waals surface area contributed by atoms with E-state index in [1.54, 1.807) is 6.07 Å². The molecule has 1 atom stereocenters. The molecule has 0 amide bonds. The van der Waals surface area contributed by atoms with Crippen LogP contribution in [0.5, 0.6) is 0 Å². The summed E-state index contributed by atoms with van der Waals surface area (Å²) in [6.45, 7) is 2.26. The summed E-state index contributed by atoms with van der Waals surface area (Å²) < 4.78 is 13.4. The van der Waals surface area contributed by atoms with Crippen LogP contribution in [-0.2, 0) is 6.42 Å². The lowest BCUT2D eigenvalue weighted by molar-refractivity contribution is 0.232. The summed E-state index contributed by atoms with van der Waals surface area (Å²) >= 11 is 5.71. The van der Waals surface area contributed by atoms with Crippen molar-refractivity contribution in [2.75, 3.05) is 0 Å². The second-order valence-corrected chi connectivity index (χ2v) is 6.59. The number of benzene rings is 1. The van der Waals surface area contributed by atoms with Crippen molar-refractivity contribution in [2.45, 2.75) is 57.9 Å². The van der Waals surface area contributed by atoms with Gasteiger partial charge < -0.3 is 5.73 Å². The molecule has 1 nitrogen and oxygen atoms in total. The Hall–Kier alpha value is -0.600. The summed E-state index contributed by atoms with van der Waals surface area (Å²) in [6.07, 6.45) is 8.44. The van der Waals surface area contributed by atoms with E-state index in [1.807, 2.05) is 6.07 Å². The van der Waals surface area contributed by atoms with Crippen molar-refractivity contribution in [1.29, 1.82) is 0 Å². The smallest absolute Gasteiger partial charge is 0.142 e. The number of nitrogens with two attached hydrogens (primary N) is 1. The number of rotatable bonds is 5. The molecule has 1 fully saturated rings. The minimum atomic E-state index is -0.344. The molecular weight excluding hydrogens is 273 g/mol. The van der Waals surface area contributed by atoms with E-state index in [-0.39, 0.29) is 16.9 Å². The minimum absolute atomic E-state index is 0.137. The fraction of sp³-hybridized carbons (Fsp3) is 0.647. The van der Waals surface area contributed by atoms with E-state index in [0.29, 0.717) is 5.92 Å². The van der Waals surface area contributed by atoms with E-state index >= 15 is 0 Å². The monoisotopic (exact) mass is 297 g/mol. The predicted molar refractivity (Wildman–Crippen MR) is 83.4 cm³/mol. The molecule has 1 saturated carbocycles. The molecule has 1 aliphatic rings. The second-order valence-electron chi connectivity index (χ2n) is 6.19. The van der Waals surface area contributed by atoms with Crippen LogP contribution in [0.3, 0.4) is 0 Å². The zero-order valence-electron chi connectivity index (χ0n) is 12.2. The van der Waals surface area contributed by atoms with E-state index in [2.05, 4.69) is 6.92 Å². The van der Waals surface area contributed by atoms with Gasteiger partial charge in [0.1, 0.15) is 5.82 Å². The van der Waals surface area contributed by atoms with Gasteiger partial charge in [0.2, 0.25) is 0 Å². The normalized spacial score (nSPS) is 24.6. The van der Waals surface area contributed by atoms with Gasteiger partial charge >= 0.3 is 0 Å².